The number of rotatable bonds is 46. The molecule has 2 fully saturated rings. The van der Waals surface area contributed by atoms with Gasteiger partial charge >= 0.3 is 12.1 Å². The van der Waals surface area contributed by atoms with Gasteiger partial charge in [-0.25, -0.2) is 9.78 Å². The van der Waals surface area contributed by atoms with E-state index >= 15 is 0 Å². The molecule has 0 unspecified atom stereocenters. The first-order valence-electron chi connectivity index (χ1n) is 42.5. The minimum Gasteiger partial charge on any atom is -0.481 e. The number of likely N-dealkylation sites (tertiary alicyclic amines) is 2. The largest absolute Gasteiger partial charge is 0.481 e. The van der Waals surface area contributed by atoms with E-state index in [-0.39, 0.29) is 130 Å². The Morgan fingerprint density at radius 1 is 0.661 bits per heavy atom. The van der Waals surface area contributed by atoms with Gasteiger partial charge in [-0.1, -0.05) is 136 Å². The summed E-state index contributed by atoms with van der Waals surface area (Å²) in [5.41, 5.74) is 9.52. The molecule has 32 heteroatoms. The van der Waals surface area contributed by atoms with Gasteiger partial charge in [0.05, 0.1) is 82.6 Å². The molecule has 7 rings (SSSR count). The number of nitrogens with two attached hydrogens (primary N) is 1. The lowest BCUT2D eigenvalue weighted by Crippen LogP contribution is -2.60. The van der Waals surface area contributed by atoms with Gasteiger partial charge in [-0.05, 0) is 124 Å². The van der Waals surface area contributed by atoms with E-state index in [4.69, 9.17) is 28.8 Å². The average molecular weight is 1710 g/mol. The number of amides is 10. The number of piperidine rings is 1. The number of aliphatic carboxylic acids is 1. The third-order valence-electron chi connectivity index (χ3n) is 22.5. The SMILES string of the molecule is CC[C@H](C)[C@@H]([C@@H](CC(=O)N1CCC[C@H]1[C@H](OC)[C@@H](C)C(=O)N[C@@H](Cc1ccccc1)c1nccs1)OC)N(C)C(=O)[C@@H](NC(=O)[C@H](C(C)C)N(C)C(=O)OC)C(C)C.CCc1ccc(NC(=O)[C@H](C)NC(=O)[C@@H](NC(=O)CCC(=O)N(CCOCCOCCC(=O)O)C2CCN(C(=O)CCn3c(CNC)cc4ccccc43)CC2)C(C)C)cc1.CN. The third-order valence-corrected chi connectivity index (χ3v) is 23.4. The number of nitrogens with one attached hydrogen (secondary N) is 6. The van der Waals surface area contributed by atoms with Gasteiger partial charge in [0.25, 0.3) is 0 Å². The molecule has 9 N–H and O–H groups in total. The van der Waals surface area contributed by atoms with Crippen molar-refractivity contribution in [3.05, 3.63) is 118 Å². The summed E-state index contributed by atoms with van der Waals surface area (Å²) >= 11 is 1.49. The van der Waals surface area contributed by atoms with Gasteiger partial charge in [0.2, 0.25) is 53.2 Å². The molecule has 0 spiro atoms. The van der Waals surface area contributed by atoms with Crippen molar-refractivity contribution >= 4 is 93.2 Å². The number of thiazole rings is 1. The maximum absolute atomic E-state index is 14.4. The molecule has 0 bridgehead atoms. The normalized spacial score (nSPS) is 16.0. The molecule has 0 radical (unpaired) electrons. The van der Waals surface area contributed by atoms with Crippen molar-refractivity contribution in [1.82, 2.24) is 60.6 Å². The number of methoxy groups -OCH3 is 3. The Kier molecular flexibility index (Phi) is 44.5. The molecule has 2 aliphatic rings. The summed E-state index contributed by atoms with van der Waals surface area (Å²) in [7, 11) is 11.0. The molecule has 121 heavy (non-hydrogen) atoms. The summed E-state index contributed by atoms with van der Waals surface area (Å²) in [5.74, 6) is -5.16. The van der Waals surface area contributed by atoms with Crippen LogP contribution in [-0.4, -0.2) is 261 Å². The first-order valence-corrected chi connectivity index (χ1v) is 43.4. The number of carboxylic acids is 1. The molecule has 10 amide bonds. The Bertz CT molecular complexity index is 4030. The Morgan fingerprint density at radius 2 is 1.31 bits per heavy atom. The number of carbonyl (C=O) groups is 11. The maximum atomic E-state index is 14.4. The number of carbonyl (C=O) groups excluding carboxylic acids is 10. The van der Waals surface area contributed by atoms with E-state index < -0.39 is 84.0 Å². The highest BCUT2D eigenvalue weighted by atomic mass is 32.1. The van der Waals surface area contributed by atoms with Crippen molar-refractivity contribution in [3.63, 3.8) is 0 Å². The number of fused-ring (bicyclic) bond motifs is 1. The number of para-hydroxylation sites is 1. The van der Waals surface area contributed by atoms with Gasteiger partial charge in [0.1, 0.15) is 29.2 Å². The van der Waals surface area contributed by atoms with E-state index in [1.165, 1.54) is 37.4 Å². The van der Waals surface area contributed by atoms with Crippen LogP contribution < -0.4 is 37.6 Å². The van der Waals surface area contributed by atoms with Crippen LogP contribution >= 0.6 is 11.3 Å². The fourth-order valence-corrected chi connectivity index (χ4v) is 16.3. The van der Waals surface area contributed by atoms with E-state index in [1.54, 1.807) is 70.2 Å². The number of aryl methyl sites for hydroxylation is 2. The predicted molar refractivity (Wildman–Crippen MR) is 468 cm³/mol. The summed E-state index contributed by atoms with van der Waals surface area (Å²) < 4.78 is 30.2. The zero-order valence-corrected chi connectivity index (χ0v) is 75.4. The van der Waals surface area contributed by atoms with Crippen LogP contribution in [0.1, 0.15) is 168 Å². The molecule has 5 aromatic rings. The maximum Gasteiger partial charge on any atom is 0.409 e. The standard InChI is InChI=1S/C45H65N7O9.C43H68N6O8S.CH5N/c1-6-33-11-13-35(14-12-33)48-44(58)32(4)47-45(59)43(31(2)3)49-39(53)15-16-41(55)52(24-26-61-28-27-60-25-20-42(56)57)36-17-21-50(22-18-36)40(54)19-23-51-37(30-46-5)29-34-9-7-8-10-38(34)51;1-13-28(6)37(47(8)42(53)35(26(2)3)46-40(52)36(27(4)5)48(9)43(54)57-12)33(55-10)25-34(50)49-22-17-20-32(49)38(56-11)29(7)39(51)45-31(41-44-21-23-58-41)24-30-18-15-14-16-19-30;1-2/h7-14,29,31-32,36,43,46H,6,15-28,30H2,1-5H3,(H,47,59)(H,48,58)(H,49,53)(H,56,57);14-16,18-19,21,23,26-29,31-33,35-38H,13,17,20,22,24-25H2,1-12H3,(H,45,51)(H,46,52);2H2,1H3/t32-,43-;28-,29+,31-,32-,33+,35-,36-,37-,38+;/m00./s1. The second-order valence-corrected chi connectivity index (χ2v) is 32.9. The number of aromatic nitrogens is 2. The van der Waals surface area contributed by atoms with Gasteiger partial charge in [-0.15, -0.1) is 11.3 Å². The molecule has 672 valence electrons. The highest BCUT2D eigenvalue weighted by molar-refractivity contribution is 7.09. The fourth-order valence-electron chi connectivity index (χ4n) is 15.6. The van der Waals surface area contributed by atoms with Crippen molar-refractivity contribution < 1.29 is 81.5 Å². The van der Waals surface area contributed by atoms with Crippen LogP contribution in [0.15, 0.2) is 96.5 Å². The summed E-state index contributed by atoms with van der Waals surface area (Å²) in [6.07, 6.45) is 4.51. The van der Waals surface area contributed by atoms with E-state index in [0.29, 0.717) is 76.9 Å². The van der Waals surface area contributed by atoms with Crippen molar-refractivity contribution in [1.29, 1.82) is 0 Å². The number of carboxylic acid groups (broad SMARTS) is 1. The van der Waals surface area contributed by atoms with Gasteiger partial charge in [0, 0.05) is 121 Å². The molecule has 0 aliphatic carbocycles. The van der Waals surface area contributed by atoms with Gasteiger partial charge < -0.3 is 90.6 Å². The first kappa shape index (κ1) is 102. The van der Waals surface area contributed by atoms with Crippen LogP contribution in [0.5, 0.6) is 0 Å². The minimum absolute atomic E-state index is 0.00210. The van der Waals surface area contributed by atoms with Crippen LogP contribution in [0.4, 0.5) is 10.5 Å². The van der Waals surface area contributed by atoms with Crippen LogP contribution in [0.2, 0.25) is 0 Å². The van der Waals surface area contributed by atoms with Crippen molar-refractivity contribution in [2.45, 2.75) is 227 Å². The molecular weight excluding hydrogens is 1570 g/mol. The van der Waals surface area contributed by atoms with Gasteiger partial charge in [-0.2, -0.15) is 0 Å². The third kappa shape index (κ3) is 31.1. The average Bonchev–Trinajstić information content (AvgIpc) is 1.70. The molecule has 2 aliphatic heterocycles. The molecule has 0 saturated carbocycles. The number of nitrogens with zero attached hydrogens (tertiary/aromatic N) is 7. The van der Waals surface area contributed by atoms with E-state index in [1.807, 2.05) is 132 Å². The van der Waals surface area contributed by atoms with E-state index in [0.717, 1.165) is 45.6 Å². The van der Waals surface area contributed by atoms with Crippen LogP contribution in [0, 0.1) is 29.6 Å². The lowest BCUT2D eigenvalue weighted by Gasteiger charge is -2.41. The van der Waals surface area contributed by atoms with Crippen LogP contribution in [0.25, 0.3) is 10.9 Å². The first-order chi connectivity index (χ1) is 57.8. The Labute approximate surface area is 719 Å². The summed E-state index contributed by atoms with van der Waals surface area (Å²) in [6.45, 7) is 24.1. The number of ether oxygens (including phenoxy) is 5. The zero-order valence-electron chi connectivity index (χ0n) is 74.5. The molecule has 3 aromatic carbocycles. The quantitative estimate of drug-likeness (QED) is 0.0169. The van der Waals surface area contributed by atoms with E-state index in [9.17, 15) is 52.7 Å². The molecule has 2 aromatic heterocycles. The summed E-state index contributed by atoms with van der Waals surface area (Å²) in [5, 5.41) is 30.3. The number of hydrogen-bond acceptors (Lipinski definition) is 20. The lowest BCUT2D eigenvalue weighted by atomic mass is 9.89. The highest BCUT2D eigenvalue weighted by Crippen LogP contribution is 2.32. The van der Waals surface area contributed by atoms with Gasteiger partial charge in [-0.3, -0.25) is 52.8 Å². The lowest BCUT2D eigenvalue weighted by molar-refractivity contribution is -0.148. The second kappa shape index (κ2) is 52.8. The Hall–Kier alpha value is -9.44. The smallest absolute Gasteiger partial charge is 0.409 e. The van der Waals surface area contributed by atoms with Crippen molar-refractivity contribution in [3.8, 4) is 0 Å². The van der Waals surface area contributed by atoms with Crippen molar-refractivity contribution in [2.75, 3.05) is 107 Å². The molecule has 4 heterocycles. The number of likely N-dealkylation sites (N-methyl/N-ethyl adjacent to an activating group) is 2. The van der Waals surface area contributed by atoms with Crippen LogP contribution in [-0.2, 0) is 97.6 Å². The topological polar surface area (TPSA) is 386 Å². The number of anilines is 1. The van der Waals surface area contributed by atoms with Gasteiger partial charge in [0.15, 0.2) is 0 Å². The predicted octanol–water partition coefficient (Wildman–Crippen LogP) is 8.61. The summed E-state index contributed by atoms with van der Waals surface area (Å²) in [6, 6.07) is 22.7. The van der Waals surface area contributed by atoms with Crippen LogP contribution in [0.3, 0.4) is 0 Å². The molecule has 11 atom stereocenters. The molecule has 2 saturated heterocycles. The van der Waals surface area contributed by atoms with Crippen molar-refractivity contribution in [2.24, 2.45) is 35.3 Å². The zero-order chi connectivity index (χ0) is 89.6. The highest BCUT2D eigenvalue weighted by Gasteiger charge is 2.45. The Morgan fingerprint density at radius 3 is 1.90 bits per heavy atom. The van der Waals surface area contributed by atoms with E-state index in [2.05, 4.69) is 65.4 Å². The number of hydrogen-bond donors (Lipinski definition) is 8. The fraction of sp³-hybridized carbons (Fsp3) is 0.618. The summed E-state index contributed by atoms with van der Waals surface area (Å²) in [4.78, 5) is 159. The number of benzene rings is 3. The molecular formula is C89H138N14O17S. The Balaban J connectivity index is 0.000000422. The molecule has 31 nitrogen and oxygen atoms in total. The minimum atomic E-state index is -0.948. The second-order valence-electron chi connectivity index (χ2n) is 32.0. The monoisotopic (exact) mass is 1710 g/mol.